The molecular weight excluding hydrogens is 782 g/mol. The predicted molar refractivity (Wildman–Crippen MR) is 196 cm³/mol. The van der Waals surface area contributed by atoms with Gasteiger partial charge in [0.25, 0.3) is 12.3 Å². The van der Waals surface area contributed by atoms with Crippen LogP contribution in [0.25, 0.3) is 22.2 Å². The Morgan fingerprint density at radius 2 is 1.79 bits per heavy atom. The molecular formula is C38H37ClF6N6O4Si. The summed E-state index contributed by atoms with van der Waals surface area (Å²) in [6.07, 6.45) is -1.89. The van der Waals surface area contributed by atoms with Crippen molar-refractivity contribution in [1.82, 2.24) is 29.9 Å². The lowest BCUT2D eigenvalue weighted by atomic mass is 9.94. The first-order chi connectivity index (χ1) is 26.4. The Morgan fingerprint density at radius 3 is 2.46 bits per heavy atom. The first-order valence-corrected chi connectivity index (χ1v) is 21.9. The predicted octanol–water partition coefficient (Wildman–Crippen LogP) is 8.57. The normalized spacial score (nSPS) is 17.6. The Labute approximate surface area is 323 Å². The molecule has 0 spiro atoms. The molecule has 2 aliphatic carbocycles. The number of methoxy groups -OCH3 is 1. The van der Waals surface area contributed by atoms with Crippen LogP contribution in [0, 0.1) is 17.6 Å². The van der Waals surface area contributed by atoms with Gasteiger partial charge in [-0.1, -0.05) is 37.3 Å². The second kappa shape index (κ2) is 15.0. The van der Waals surface area contributed by atoms with E-state index in [1.54, 1.807) is 16.8 Å². The van der Waals surface area contributed by atoms with Crippen LogP contribution in [0.15, 0.2) is 48.7 Å². The molecule has 3 atom stereocenters. The van der Waals surface area contributed by atoms with Gasteiger partial charge in [0.15, 0.2) is 0 Å². The third kappa shape index (κ3) is 7.80. The number of hydrogen-bond donors (Lipinski definition) is 1. The smallest absolute Gasteiger partial charge is 0.339 e. The summed E-state index contributed by atoms with van der Waals surface area (Å²) in [5.74, 6) is -8.82. The molecule has 0 aliphatic heterocycles. The Morgan fingerprint density at radius 1 is 1.05 bits per heavy atom. The molecule has 56 heavy (non-hydrogen) atoms. The number of benzene rings is 2. The summed E-state index contributed by atoms with van der Waals surface area (Å²) in [7, 11) is -0.210. The third-order valence-corrected chi connectivity index (χ3v) is 12.1. The van der Waals surface area contributed by atoms with E-state index >= 15 is 8.78 Å². The molecule has 1 fully saturated rings. The van der Waals surface area contributed by atoms with Gasteiger partial charge in [0, 0.05) is 37.8 Å². The highest BCUT2D eigenvalue weighted by Crippen LogP contribution is 2.68. The lowest BCUT2D eigenvalue weighted by Gasteiger charge is -2.23. The minimum absolute atomic E-state index is 0.00929. The van der Waals surface area contributed by atoms with Gasteiger partial charge in [-0.15, -0.1) is 0 Å². The topological polar surface area (TPSA) is 113 Å². The van der Waals surface area contributed by atoms with E-state index in [1.165, 1.54) is 25.4 Å². The van der Waals surface area contributed by atoms with E-state index in [2.05, 4.69) is 35.2 Å². The average molecular weight is 819 g/mol. The Hall–Kier alpha value is -4.74. The molecule has 7 rings (SSSR count). The fourth-order valence-corrected chi connectivity index (χ4v) is 8.19. The van der Waals surface area contributed by atoms with Crippen molar-refractivity contribution in [2.75, 3.05) is 13.7 Å². The van der Waals surface area contributed by atoms with Crippen molar-refractivity contribution < 1.29 is 45.4 Å². The summed E-state index contributed by atoms with van der Waals surface area (Å²) in [5, 5.41) is 11.0. The molecule has 0 bridgehead atoms. The van der Waals surface area contributed by atoms with Gasteiger partial charge in [-0.25, -0.2) is 32.0 Å². The Kier molecular flexibility index (Phi) is 10.6. The van der Waals surface area contributed by atoms with E-state index in [-0.39, 0.29) is 47.0 Å². The maximum absolute atomic E-state index is 15.4. The lowest BCUT2D eigenvalue weighted by Crippen LogP contribution is -2.35. The van der Waals surface area contributed by atoms with Crippen molar-refractivity contribution in [3.63, 3.8) is 0 Å². The van der Waals surface area contributed by atoms with Crippen molar-refractivity contribution in [3.05, 3.63) is 99.1 Å². The van der Waals surface area contributed by atoms with Gasteiger partial charge in [0.05, 0.1) is 41.1 Å². The number of rotatable bonds is 14. The maximum Gasteiger partial charge on any atom is 0.339 e. The van der Waals surface area contributed by atoms with Crippen LogP contribution in [0.2, 0.25) is 30.7 Å². The average Bonchev–Trinajstić information content (AvgIpc) is 3.61. The molecule has 1 saturated carbocycles. The molecule has 0 unspecified atom stereocenters. The molecule has 2 aromatic carbocycles. The van der Waals surface area contributed by atoms with E-state index in [9.17, 15) is 27.2 Å². The number of pyridine rings is 1. The quantitative estimate of drug-likeness (QED) is 0.0517. The highest BCUT2D eigenvalue weighted by atomic mass is 35.5. The highest BCUT2D eigenvalue weighted by Gasteiger charge is 2.67. The zero-order valence-corrected chi connectivity index (χ0v) is 32.4. The van der Waals surface area contributed by atoms with Crippen molar-refractivity contribution in [2.45, 2.75) is 76.1 Å². The van der Waals surface area contributed by atoms with Crippen LogP contribution >= 0.6 is 11.6 Å². The molecule has 296 valence electrons. The number of halogens is 7. The van der Waals surface area contributed by atoms with Gasteiger partial charge in [-0.2, -0.15) is 19.0 Å². The molecule has 2 aliphatic rings. The molecule has 10 nitrogen and oxygen atoms in total. The molecule has 0 saturated heterocycles. The number of nitrogens with zero attached hydrogens (tertiary/aromatic N) is 5. The third-order valence-electron chi connectivity index (χ3n) is 10.0. The molecule has 3 aromatic heterocycles. The van der Waals surface area contributed by atoms with Crippen molar-refractivity contribution in [3.8, 4) is 11.1 Å². The SMILES string of the molecule is COC(=O)c1cc(-c2cc3c(cnn3COCC[Si](C)(C)C)nc2[C@H](Cc2cc(F)cc(F)c2)NC(=O)Cn2nc(C(F)F)c3c2C(F)(F)[C@@H]2C[C@H]32)ccc1Cl. The second-order valence-electron chi connectivity index (χ2n) is 15.3. The zero-order chi connectivity index (χ0) is 40.3. The van der Waals surface area contributed by atoms with Gasteiger partial charge < -0.3 is 14.8 Å². The van der Waals surface area contributed by atoms with E-state index in [0.29, 0.717) is 39.5 Å². The Balaban J connectivity index is 1.32. The Bertz CT molecular complexity index is 2330. The van der Waals surface area contributed by atoms with Gasteiger partial charge >= 0.3 is 5.97 Å². The number of carbonyl (C=O) groups is 2. The van der Waals surface area contributed by atoms with E-state index in [1.807, 2.05) is 0 Å². The molecule has 0 radical (unpaired) electrons. The summed E-state index contributed by atoms with van der Waals surface area (Å²) < 4.78 is 101. The first-order valence-electron chi connectivity index (χ1n) is 17.8. The van der Waals surface area contributed by atoms with Crippen LogP contribution in [0.3, 0.4) is 0 Å². The standard InChI is InChI=1S/C38H37ClF6N6O4Si/c1-54-37(53)25-12-20(5-6-27(25)39)23-15-30-29(16-46-51(30)18-55-7-8-56(2,3)4)48-33(23)28(11-19-9-21(40)13-22(41)10-19)47-31(52)17-50-35-32(34(49-50)36(42)43)24-14-26(24)38(35,44)45/h5-6,9-10,12-13,15-16,24,26,28,36H,7-8,11,14,17-18H2,1-4H3,(H,47,52)/t24-,26+,28-/m0/s1. The zero-order valence-electron chi connectivity index (χ0n) is 30.7. The second-order valence-corrected chi connectivity index (χ2v) is 21.3. The van der Waals surface area contributed by atoms with Gasteiger partial charge in [0.1, 0.15) is 41.8 Å². The fourth-order valence-electron chi connectivity index (χ4n) is 7.24. The number of amides is 1. The van der Waals surface area contributed by atoms with Crippen LogP contribution in [0.5, 0.6) is 0 Å². The van der Waals surface area contributed by atoms with Crippen LogP contribution in [-0.2, 0) is 39.9 Å². The number of hydrogen-bond acceptors (Lipinski definition) is 7. The van der Waals surface area contributed by atoms with Crippen LogP contribution in [0.1, 0.15) is 63.4 Å². The van der Waals surface area contributed by atoms with Crippen molar-refractivity contribution >= 4 is 42.6 Å². The molecule has 5 aromatic rings. The molecule has 18 heteroatoms. The summed E-state index contributed by atoms with van der Waals surface area (Å²) >= 11 is 6.36. The number of carbonyl (C=O) groups excluding carboxylic acids is 2. The minimum atomic E-state index is -3.47. The number of alkyl halides is 4. The monoisotopic (exact) mass is 818 g/mol. The number of esters is 1. The number of fused-ring (bicyclic) bond motifs is 4. The van der Waals surface area contributed by atoms with Gasteiger partial charge in [-0.3, -0.25) is 9.48 Å². The minimum Gasteiger partial charge on any atom is -0.465 e. The van der Waals surface area contributed by atoms with E-state index in [4.69, 9.17) is 26.1 Å². The van der Waals surface area contributed by atoms with Gasteiger partial charge in [-0.05, 0) is 66.3 Å². The largest absolute Gasteiger partial charge is 0.465 e. The summed E-state index contributed by atoms with van der Waals surface area (Å²) in [6, 6.07) is 8.72. The first kappa shape index (κ1) is 39.5. The molecule has 1 amide bonds. The maximum atomic E-state index is 15.4. The number of nitrogens with one attached hydrogen (secondary N) is 1. The molecule has 3 heterocycles. The van der Waals surface area contributed by atoms with Crippen LogP contribution in [-0.4, -0.2) is 58.2 Å². The number of aromatic nitrogens is 5. The lowest BCUT2D eigenvalue weighted by molar-refractivity contribution is -0.123. The number of ether oxygens (including phenoxy) is 2. The summed E-state index contributed by atoms with van der Waals surface area (Å²) in [4.78, 5) is 31.4. The van der Waals surface area contributed by atoms with Gasteiger partial charge in [0.2, 0.25) is 5.91 Å². The van der Waals surface area contributed by atoms with E-state index in [0.717, 1.165) is 18.2 Å². The molecule has 1 N–H and O–H groups in total. The summed E-state index contributed by atoms with van der Waals surface area (Å²) in [6.45, 7) is 6.37. The summed E-state index contributed by atoms with van der Waals surface area (Å²) in [5.41, 5.74) is 0.0652. The van der Waals surface area contributed by atoms with Crippen LogP contribution in [0.4, 0.5) is 26.3 Å². The highest BCUT2D eigenvalue weighted by molar-refractivity contribution is 6.76. The fraction of sp³-hybridized carbons (Fsp3) is 0.395. The van der Waals surface area contributed by atoms with Crippen molar-refractivity contribution in [2.24, 2.45) is 5.92 Å². The van der Waals surface area contributed by atoms with Crippen molar-refractivity contribution in [1.29, 1.82) is 0 Å². The van der Waals surface area contributed by atoms with Crippen LogP contribution < -0.4 is 5.32 Å². The van der Waals surface area contributed by atoms with E-state index < -0.39 is 79.7 Å².